The number of hydrogen-bond acceptors (Lipinski definition) is 3. The third-order valence-corrected chi connectivity index (χ3v) is 5.95. The molecule has 4 heteroatoms. The van der Waals surface area contributed by atoms with Gasteiger partial charge in [-0.25, -0.2) is 0 Å². The Bertz CT molecular complexity index is 943. The topological polar surface area (TPSA) is 46.6 Å². The predicted octanol–water partition coefficient (Wildman–Crippen LogP) is 3.96. The zero-order chi connectivity index (χ0) is 19.6. The molecule has 1 amide bonds. The predicted molar refractivity (Wildman–Crippen MR) is 105 cm³/mol. The molecule has 0 N–H and O–H groups in total. The van der Waals surface area contributed by atoms with Crippen molar-refractivity contribution >= 4 is 17.6 Å². The first-order chi connectivity index (χ1) is 12.8. The second-order valence-electron chi connectivity index (χ2n) is 8.58. The van der Waals surface area contributed by atoms with Crippen LogP contribution in [-0.4, -0.2) is 25.0 Å². The first-order valence-corrected chi connectivity index (χ1v) is 9.33. The number of rotatable bonds is 2. The molecule has 0 spiro atoms. The summed E-state index contributed by atoms with van der Waals surface area (Å²) in [7, 11) is 1.43. The van der Waals surface area contributed by atoms with Gasteiger partial charge in [-0.15, -0.1) is 0 Å². The average Bonchev–Trinajstić information content (AvgIpc) is 3.19. The third-order valence-electron chi connectivity index (χ3n) is 5.95. The Labute approximate surface area is 160 Å². The highest BCUT2D eigenvalue weighted by Gasteiger charge is 2.78. The zero-order valence-corrected chi connectivity index (χ0v) is 16.4. The van der Waals surface area contributed by atoms with Crippen LogP contribution >= 0.6 is 0 Å². The number of aryl methyl sites for hydroxylation is 1. The lowest BCUT2D eigenvalue weighted by atomic mass is 9.85. The van der Waals surface area contributed by atoms with Gasteiger partial charge in [-0.05, 0) is 29.7 Å². The van der Waals surface area contributed by atoms with Crippen molar-refractivity contribution in [3.05, 3.63) is 65.2 Å². The number of anilines is 1. The van der Waals surface area contributed by atoms with Crippen LogP contribution in [0.1, 0.15) is 43.4 Å². The number of fused-ring (bicyclic) bond motifs is 3. The molecule has 2 aliphatic rings. The van der Waals surface area contributed by atoms with Crippen LogP contribution in [0.2, 0.25) is 0 Å². The van der Waals surface area contributed by atoms with Crippen molar-refractivity contribution < 1.29 is 14.3 Å². The molecule has 140 valence electrons. The lowest BCUT2D eigenvalue weighted by molar-refractivity contribution is -0.144. The van der Waals surface area contributed by atoms with E-state index in [9.17, 15) is 9.59 Å². The highest BCUT2D eigenvalue weighted by molar-refractivity contribution is 6.07. The Morgan fingerprint density at radius 3 is 2.30 bits per heavy atom. The Balaban J connectivity index is 1.95. The summed E-state index contributed by atoms with van der Waals surface area (Å²) in [5, 5.41) is 0. The number of ether oxygens (including phenoxy) is 1. The number of methoxy groups -OCH3 is 1. The van der Waals surface area contributed by atoms with Gasteiger partial charge in [-0.3, -0.25) is 9.59 Å². The average molecular weight is 363 g/mol. The second-order valence-corrected chi connectivity index (χ2v) is 8.58. The number of amides is 1. The molecular weight excluding hydrogens is 338 g/mol. The van der Waals surface area contributed by atoms with E-state index in [2.05, 4.69) is 0 Å². The molecule has 1 saturated carbocycles. The van der Waals surface area contributed by atoms with E-state index in [1.54, 1.807) is 0 Å². The Hall–Kier alpha value is -2.62. The van der Waals surface area contributed by atoms with Crippen molar-refractivity contribution in [2.45, 2.75) is 45.1 Å². The lowest BCUT2D eigenvalue weighted by Gasteiger charge is -2.32. The molecule has 0 radical (unpaired) electrons. The summed E-state index contributed by atoms with van der Waals surface area (Å²) in [6.45, 7) is 7.76. The summed E-state index contributed by atoms with van der Waals surface area (Å²) < 4.78 is 5.28. The molecule has 27 heavy (non-hydrogen) atoms. The van der Waals surface area contributed by atoms with Crippen molar-refractivity contribution in [2.75, 3.05) is 12.0 Å². The monoisotopic (exact) mass is 363 g/mol. The fourth-order valence-corrected chi connectivity index (χ4v) is 4.74. The van der Waals surface area contributed by atoms with Crippen molar-refractivity contribution in [1.29, 1.82) is 0 Å². The van der Waals surface area contributed by atoms with Crippen molar-refractivity contribution in [1.82, 2.24) is 0 Å². The molecule has 2 aromatic rings. The molecule has 3 atom stereocenters. The molecule has 0 bridgehead atoms. The highest BCUT2D eigenvalue weighted by atomic mass is 16.5. The molecule has 2 aromatic carbocycles. The maximum absolute atomic E-state index is 13.4. The van der Waals surface area contributed by atoms with E-state index >= 15 is 0 Å². The fraction of sp³-hybridized carbons (Fsp3) is 0.391. The van der Waals surface area contributed by atoms with Crippen LogP contribution in [0.4, 0.5) is 5.69 Å². The van der Waals surface area contributed by atoms with Gasteiger partial charge < -0.3 is 9.64 Å². The van der Waals surface area contributed by atoms with Gasteiger partial charge >= 0.3 is 5.97 Å². The number of hydrogen-bond donors (Lipinski definition) is 0. The maximum atomic E-state index is 13.4. The van der Waals surface area contributed by atoms with E-state index in [0.29, 0.717) is 0 Å². The second kappa shape index (κ2) is 5.69. The molecule has 1 aliphatic heterocycles. The van der Waals surface area contributed by atoms with E-state index in [0.717, 1.165) is 22.4 Å². The molecule has 1 fully saturated rings. The van der Waals surface area contributed by atoms with Crippen LogP contribution in [-0.2, 0) is 19.7 Å². The Kier molecular flexibility index (Phi) is 3.74. The summed E-state index contributed by atoms with van der Waals surface area (Å²) in [5.41, 5.74) is 2.58. The summed E-state index contributed by atoms with van der Waals surface area (Å²) in [5.74, 6) is -0.316. The standard InChI is InChI=1S/C23H25NO3/c1-14-10-6-8-12-16(14)23(21(26)27-5)18-15-11-7-9-13-17(15)24(19(18)23)20(25)22(2,3)4/h6-13,18-19H,1-5H3/t18-,19+,23+/m1/s1. The number of nitrogens with zero attached hydrogens (tertiary/aromatic N) is 1. The molecule has 0 unspecified atom stereocenters. The van der Waals surface area contributed by atoms with Crippen LogP contribution in [0.25, 0.3) is 0 Å². The van der Waals surface area contributed by atoms with Crippen LogP contribution in [0, 0.1) is 12.3 Å². The SMILES string of the molecule is COC(=O)[C@@]1(c2ccccc2C)[C@@H]2c3ccccc3N(C(=O)C(C)(C)C)[C@@H]21. The van der Waals surface area contributed by atoms with Gasteiger partial charge in [-0.2, -0.15) is 0 Å². The minimum Gasteiger partial charge on any atom is -0.468 e. The number of para-hydroxylation sites is 1. The number of carbonyl (C=O) groups excluding carboxylic acids is 2. The molecule has 4 rings (SSSR count). The summed E-state index contributed by atoms with van der Waals surface area (Å²) in [6, 6.07) is 15.6. The molecule has 1 aliphatic carbocycles. The van der Waals surface area contributed by atoms with Crippen LogP contribution in [0.5, 0.6) is 0 Å². The Morgan fingerprint density at radius 1 is 1.04 bits per heavy atom. The fourth-order valence-electron chi connectivity index (χ4n) is 4.74. The van der Waals surface area contributed by atoms with Gasteiger partial charge in [0, 0.05) is 17.0 Å². The maximum Gasteiger partial charge on any atom is 0.319 e. The van der Waals surface area contributed by atoms with E-state index in [1.807, 2.05) is 81.1 Å². The van der Waals surface area contributed by atoms with Gasteiger partial charge in [0.25, 0.3) is 0 Å². The molecule has 4 nitrogen and oxygen atoms in total. The first kappa shape index (κ1) is 17.8. The van der Waals surface area contributed by atoms with Gasteiger partial charge in [0.15, 0.2) is 0 Å². The van der Waals surface area contributed by atoms with Gasteiger partial charge in [0.1, 0.15) is 5.41 Å². The quantitative estimate of drug-likeness (QED) is 0.759. The van der Waals surface area contributed by atoms with E-state index in [-0.39, 0.29) is 23.8 Å². The summed E-state index contributed by atoms with van der Waals surface area (Å²) in [4.78, 5) is 28.3. The first-order valence-electron chi connectivity index (χ1n) is 9.33. The van der Waals surface area contributed by atoms with Crippen molar-refractivity contribution in [2.24, 2.45) is 5.41 Å². The van der Waals surface area contributed by atoms with Crippen LogP contribution in [0.3, 0.4) is 0 Å². The van der Waals surface area contributed by atoms with Crippen molar-refractivity contribution in [3.63, 3.8) is 0 Å². The van der Waals surface area contributed by atoms with E-state index in [1.165, 1.54) is 7.11 Å². The number of esters is 1. The van der Waals surface area contributed by atoms with Crippen LogP contribution in [0.15, 0.2) is 48.5 Å². The molecule has 1 heterocycles. The molecule has 0 saturated heterocycles. The summed E-state index contributed by atoms with van der Waals surface area (Å²) in [6.07, 6.45) is 0. The lowest BCUT2D eigenvalue weighted by Crippen LogP contribution is -2.45. The largest absolute Gasteiger partial charge is 0.468 e. The highest BCUT2D eigenvalue weighted by Crippen LogP contribution is 2.70. The minimum absolute atomic E-state index is 0.0295. The van der Waals surface area contributed by atoms with E-state index in [4.69, 9.17) is 4.74 Å². The normalized spacial score (nSPS) is 25.6. The zero-order valence-electron chi connectivity index (χ0n) is 16.4. The van der Waals surface area contributed by atoms with Gasteiger partial charge in [0.2, 0.25) is 5.91 Å². The number of benzene rings is 2. The summed E-state index contributed by atoms with van der Waals surface area (Å²) >= 11 is 0. The minimum atomic E-state index is -0.838. The van der Waals surface area contributed by atoms with Gasteiger partial charge in [0.05, 0.1) is 13.2 Å². The van der Waals surface area contributed by atoms with Crippen LogP contribution < -0.4 is 4.90 Å². The van der Waals surface area contributed by atoms with Gasteiger partial charge in [-0.1, -0.05) is 63.2 Å². The molecular formula is C23H25NO3. The Morgan fingerprint density at radius 2 is 1.67 bits per heavy atom. The third kappa shape index (κ3) is 2.22. The smallest absolute Gasteiger partial charge is 0.319 e. The molecule has 0 aromatic heterocycles. The number of carbonyl (C=O) groups is 2. The van der Waals surface area contributed by atoms with Crippen molar-refractivity contribution in [3.8, 4) is 0 Å². The van der Waals surface area contributed by atoms with E-state index < -0.39 is 10.8 Å².